The van der Waals surface area contributed by atoms with Crippen molar-refractivity contribution < 1.29 is 0 Å². The van der Waals surface area contributed by atoms with Crippen LogP contribution in [0.5, 0.6) is 0 Å². The van der Waals surface area contributed by atoms with Crippen molar-refractivity contribution >= 4 is 94.5 Å². The van der Waals surface area contributed by atoms with Gasteiger partial charge in [0.2, 0.25) is 0 Å². The van der Waals surface area contributed by atoms with Crippen LogP contribution in [0, 0.1) is 0 Å². The van der Waals surface area contributed by atoms with Crippen LogP contribution in [0.2, 0.25) is 39.3 Å². The Morgan fingerprint density at radius 2 is 0.605 bits per heavy atom. The lowest BCUT2D eigenvalue weighted by Gasteiger charge is -2.12. The molecule has 0 saturated carbocycles. The van der Waals surface area contributed by atoms with Gasteiger partial charge in [-0.2, -0.15) is 0 Å². The summed E-state index contributed by atoms with van der Waals surface area (Å²) in [6.07, 6.45) is 0. The summed E-state index contributed by atoms with van der Waals surface area (Å²) in [5.41, 5.74) is 0. The van der Waals surface area contributed by atoms with E-state index >= 15 is 0 Å². The average molecular weight is 639 g/mol. The summed E-state index contributed by atoms with van der Waals surface area (Å²) in [5.74, 6) is 0. The van der Waals surface area contributed by atoms with Gasteiger partial charge in [0.1, 0.15) is 0 Å². The van der Waals surface area contributed by atoms with Crippen molar-refractivity contribution in [3.63, 3.8) is 0 Å². The van der Waals surface area contributed by atoms with E-state index in [-0.39, 0.29) is 0 Å². The molecule has 38 heavy (non-hydrogen) atoms. The second kappa shape index (κ2) is 10.2. The van der Waals surface area contributed by atoms with Gasteiger partial charge in [-0.05, 0) is 81.8 Å². The minimum atomic E-state index is -1.26. The van der Waals surface area contributed by atoms with E-state index in [0.717, 1.165) is 0 Å². The maximum atomic E-state index is 2.43. The molecule has 0 bridgehead atoms. The Morgan fingerprint density at radius 3 is 0.816 bits per heavy atom. The van der Waals surface area contributed by atoms with Gasteiger partial charge in [0, 0.05) is 48.8 Å². The molecular formula is C30H30S6Si2. The smallest absolute Gasteiger partial charge is 0.0787 e. The van der Waals surface area contributed by atoms with Crippen LogP contribution in [0.4, 0.5) is 0 Å². The molecule has 6 aromatic heterocycles. The fourth-order valence-corrected chi connectivity index (χ4v) is 14.7. The van der Waals surface area contributed by atoms with Crippen LogP contribution in [0.25, 0.3) is 48.8 Å². The van der Waals surface area contributed by atoms with Gasteiger partial charge in [0.25, 0.3) is 0 Å². The summed E-state index contributed by atoms with van der Waals surface area (Å²) in [6.45, 7) is 14.5. The van der Waals surface area contributed by atoms with Crippen molar-refractivity contribution in [2.24, 2.45) is 0 Å². The average Bonchev–Trinajstić information content (AvgIpc) is 3.70. The Labute approximate surface area is 252 Å². The molecule has 0 N–H and O–H groups in total. The van der Waals surface area contributed by atoms with Crippen LogP contribution in [0.1, 0.15) is 0 Å². The van der Waals surface area contributed by atoms with E-state index in [1.165, 1.54) is 48.8 Å². The van der Waals surface area contributed by atoms with Crippen LogP contribution < -0.4 is 10.4 Å². The quantitative estimate of drug-likeness (QED) is 0.153. The van der Waals surface area contributed by atoms with E-state index in [1.54, 1.807) is 10.4 Å². The first-order valence-corrected chi connectivity index (χ1v) is 24.7. The van der Waals surface area contributed by atoms with Crippen molar-refractivity contribution in [1.82, 2.24) is 0 Å². The molecule has 0 fully saturated rings. The van der Waals surface area contributed by atoms with E-state index in [1.807, 2.05) is 68.0 Å². The standard InChI is InChI=1S/C30H30S6Si2/c1-37(2,3)19-15-29(31-17-19)27-13-11-25(35-27)23-9-7-21(33-23)22-8-10-24(34-22)26-12-14-28(36-26)30-16-20(18-32-30)38(4,5)6/h7-18H,1-6H3. The summed E-state index contributed by atoms with van der Waals surface area (Å²) in [6, 6.07) is 23.3. The molecule has 0 aliphatic rings. The predicted octanol–water partition coefficient (Wildman–Crippen LogP) is 11.5. The van der Waals surface area contributed by atoms with Gasteiger partial charge in [0.05, 0.1) is 16.1 Å². The Balaban J connectivity index is 1.20. The highest BCUT2D eigenvalue weighted by Gasteiger charge is 2.20. The molecule has 194 valence electrons. The summed E-state index contributed by atoms with van der Waals surface area (Å²) in [4.78, 5) is 13.8. The Morgan fingerprint density at radius 1 is 0.368 bits per heavy atom. The minimum Gasteiger partial charge on any atom is -0.143 e. The molecule has 0 radical (unpaired) electrons. The first kappa shape index (κ1) is 26.8. The molecule has 6 aromatic rings. The second-order valence-corrected chi connectivity index (χ2v) is 27.9. The van der Waals surface area contributed by atoms with E-state index in [2.05, 4.69) is 111 Å². The molecule has 6 rings (SSSR count). The molecule has 6 heterocycles. The van der Waals surface area contributed by atoms with E-state index in [9.17, 15) is 0 Å². The van der Waals surface area contributed by atoms with Gasteiger partial charge in [-0.15, -0.1) is 68.0 Å². The molecule has 0 nitrogen and oxygen atoms in total. The predicted molar refractivity (Wildman–Crippen MR) is 187 cm³/mol. The van der Waals surface area contributed by atoms with Crippen molar-refractivity contribution in [1.29, 1.82) is 0 Å². The normalized spacial score (nSPS) is 12.5. The Hall–Kier alpha value is -1.37. The van der Waals surface area contributed by atoms with Gasteiger partial charge in [-0.25, -0.2) is 0 Å². The van der Waals surface area contributed by atoms with Gasteiger partial charge < -0.3 is 0 Å². The second-order valence-electron chi connectivity index (χ2n) is 11.6. The van der Waals surface area contributed by atoms with Crippen LogP contribution in [0.3, 0.4) is 0 Å². The molecular weight excluding hydrogens is 609 g/mol. The Kier molecular flexibility index (Phi) is 7.23. The molecule has 0 aliphatic heterocycles. The Bertz CT molecular complexity index is 1580. The van der Waals surface area contributed by atoms with Crippen LogP contribution >= 0.6 is 68.0 Å². The first-order chi connectivity index (χ1) is 18.0. The lowest BCUT2D eigenvalue weighted by atomic mass is 10.3. The lowest BCUT2D eigenvalue weighted by molar-refractivity contribution is 1.76. The maximum absolute atomic E-state index is 2.43. The zero-order valence-electron chi connectivity index (χ0n) is 22.4. The van der Waals surface area contributed by atoms with Crippen molar-refractivity contribution in [3.8, 4) is 48.8 Å². The number of hydrogen-bond donors (Lipinski definition) is 0. The summed E-state index contributed by atoms with van der Waals surface area (Å²) in [7, 11) is -2.52. The third-order valence-corrected chi connectivity index (χ3v) is 18.2. The largest absolute Gasteiger partial charge is 0.143 e. The van der Waals surface area contributed by atoms with Crippen molar-refractivity contribution in [3.05, 3.63) is 71.4 Å². The zero-order chi connectivity index (χ0) is 26.7. The number of thiophene rings is 6. The van der Waals surface area contributed by atoms with Gasteiger partial charge >= 0.3 is 0 Å². The molecule has 0 aromatic carbocycles. The van der Waals surface area contributed by atoms with E-state index in [0.29, 0.717) is 0 Å². The highest BCUT2D eigenvalue weighted by atomic mass is 32.1. The van der Waals surface area contributed by atoms with Crippen LogP contribution in [-0.4, -0.2) is 16.1 Å². The van der Waals surface area contributed by atoms with E-state index in [4.69, 9.17) is 0 Å². The summed E-state index contributed by atoms with van der Waals surface area (Å²) < 4.78 is 0. The van der Waals surface area contributed by atoms with Gasteiger partial charge in [-0.1, -0.05) is 39.3 Å². The first-order valence-electron chi connectivity index (χ1n) is 12.6. The van der Waals surface area contributed by atoms with Crippen LogP contribution in [-0.2, 0) is 0 Å². The monoisotopic (exact) mass is 638 g/mol. The molecule has 0 unspecified atom stereocenters. The zero-order valence-corrected chi connectivity index (χ0v) is 29.3. The molecule has 0 atom stereocenters. The molecule has 8 heteroatoms. The third kappa shape index (κ3) is 5.47. The summed E-state index contributed by atoms with van der Waals surface area (Å²) in [5, 5.41) is 7.87. The number of hydrogen-bond acceptors (Lipinski definition) is 6. The molecule has 0 aliphatic carbocycles. The molecule has 0 amide bonds. The topological polar surface area (TPSA) is 0 Å². The van der Waals surface area contributed by atoms with Crippen molar-refractivity contribution in [2.75, 3.05) is 0 Å². The summed E-state index contributed by atoms with van der Waals surface area (Å²) >= 11 is 11.5. The fourth-order valence-electron chi connectivity index (χ4n) is 4.13. The molecule has 0 spiro atoms. The molecule has 0 saturated heterocycles. The minimum absolute atomic E-state index is 1.26. The van der Waals surface area contributed by atoms with E-state index < -0.39 is 16.1 Å². The lowest BCUT2D eigenvalue weighted by Crippen LogP contribution is -2.36. The van der Waals surface area contributed by atoms with Gasteiger partial charge in [0.15, 0.2) is 0 Å². The fraction of sp³-hybridized carbons (Fsp3) is 0.200. The highest BCUT2D eigenvalue weighted by molar-refractivity contribution is 7.30. The maximum Gasteiger partial charge on any atom is 0.0787 e. The van der Waals surface area contributed by atoms with Gasteiger partial charge in [-0.3, -0.25) is 0 Å². The van der Waals surface area contributed by atoms with Crippen LogP contribution in [0.15, 0.2) is 71.4 Å². The number of rotatable bonds is 7. The SMILES string of the molecule is C[Si](C)(C)c1csc(-c2ccc(-c3ccc(-c4ccc(-c5ccc(-c6cc([Si](C)(C)C)cs6)s5)s4)s3)s2)c1. The van der Waals surface area contributed by atoms with Crippen molar-refractivity contribution in [2.45, 2.75) is 39.3 Å². The third-order valence-electron chi connectivity index (χ3n) is 6.57. The highest BCUT2D eigenvalue weighted by Crippen LogP contribution is 2.45.